The fourth-order valence-corrected chi connectivity index (χ4v) is 4.99. The van der Waals surface area contributed by atoms with Gasteiger partial charge in [0, 0.05) is 22.8 Å². The van der Waals surface area contributed by atoms with Crippen molar-refractivity contribution < 1.29 is 4.79 Å². The Morgan fingerprint density at radius 1 is 0.690 bits per heavy atom. The minimum absolute atomic E-state index is 0.167. The van der Waals surface area contributed by atoms with Gasteiger partial charge in [-0.2, -0.15) is 0 Å². The van der Waals surface area contributed by atoms with Crippen molar-refractivity contribution in [3.63, 3.8) is 0 Å². The average molecular weight is 571 g/mol. The molecule has 0 aliphatic heterocycles. The van der Waals surface area contributed by atoms with Crippen LogP contribution in [0.3, 0.4) is 0 Å². The topological polar surface area (TPSA) is 76.0 Å². The van der Waals surface area contributed by atoms with E-state index in [1.54, 1.807) is 47.0 Å². The predicted octanol–water partition coefficient (Wildman–Crippen LogP) is 8.00. The number of aromatic nitrogens is 2. The largest absolute Gasteiger partial charge is 0.323 e. The fourth-order valence-electron chi connectivity index (χ4n) is 4.86. The number of benzene rings is 5. The molecule has 2 N–H and O–H groups in total. The molecule has 206 valence electrons. The van der Waals surface area contributed by atoms with Gasteiger partial charge in [0.15, 0.2) is 0 Å². The molecule has 0 radical (unpaired) electrons. The average Bonchev–Trinajstić information content (AvgIpc) is 3.02. The molecular weight excluding hydrogens is 544 g/mol. The van der Waals surface area contributed by atoms with Gasteiger partial charge in [-0.1, -0.05) is 96.5 Å². The maximum absolute atomic E-state index is 14.0. The number of hydrogen-bond acceptors (Lipinski definition) is 3. The molecular formula is C35H27ClN4O2. The lowest BCUT2D eigenvalue weighted by molar-refractivity contribution is 0.262. The zero-order chi connectivity index (χ0) is 28.9. The number of carbonyl (C=O) groups is 1. The van der Waals surface area contributed by atoms with Crippen molar-refractivity contribution in [1.29, 1.82) is 0 Å². The molecule has 0 aliphatic carbocycles. The highest BCUT2D eigenvalue weighted by Crippen LogP contribution is 2.22. The molecule has 6 aromatic rings. The molecule has 42 heavy (non-hydrogen) atoms. The third-order valence-electron chi connectivity index (χ3n) is 7.00. The maximum atomic E-state index is 14.0. The van der Waals surface area contributed by atoms with Crippen molar-refractivity contribution in [2.24, 2.45) is 0 Å². The first-order valence-electron chi connectivity index (χ1n) is 13.6. The van der Waals surface area contributed by atoms with Gasteiger partial charge in [0.25, 0.3) is 5.56 Å². The smallest absolute Gasteiger partial charge is 0.308 e. The number of anilines is 2. The molecule has 7 heteroatoms. The number of carbonyl (C=O) groups excluding carboxylic acids is 1. The molecule has 0 fully saturated rings. The summed E-state index contributed by atoms with van der Waals surface area (Å²) in [6.45, 7) is 0.369. The Morgan fingerprint density at radius 2 is 1.31 bits per heavy atom. The number of rotatable bonds is 7. The molecule has 0 saturated heterocycles. The highest BCUT2D eigenvalue weighted by Gasteiger charge is 2.14. The lowest BCUT2D eigenvalue weighted by atomic mass is 10.0. The van der Waals surface area contributed by atoms with Crippen LogP contribution in [0.2, 0.25) is 5.02 Å². The van der Waals surface area contributed by atoms with E-state index in [4.69, 9.17) is 16.6 Å². The van der Waals surface area contributed by atoms with Gasteiger partial charge in [0.1, 0.15) is 5.82 Å². The summed E-state index contributed by atoms with van der Waals surface area (Å²) >= 11 is 5.93. The van der Waals surface area contributed by atoms with Crippen LogP contribution in [0.25, 0.3) is 22.0 Å². The first-order valence-corrected chi connectivity index (χ1v) is 13.9. The molecule has 0 unspecified atom stereocenters. The van der Waals surface area contributed by atoms with E-state index in [9.17, 15) is 9.59 Å². The van der Waals surface area contributed by atoms with Gasteiger partial charge < -0.3 is 10.6 Å². The quantitative estimate of drug-likeness (QED) is 0.204. The zero-order valence-electron chi connectivity index (χ0n) is 22.6. The van der Waals surface area contributed by atoms with Crippen LogP contribution in [-0.2, 0) is 13.0 Å². The number of nitrogens with one attached hydrogen (secondary N) is 2. The van der Waals surface area contributed by atoms with Crippen LogP contribution in [0.4, 0.5) is 16.2 Å². The highest BCUT2D eigenvalue weighted by atomic mass is 35.5. The minimum atomic E-state index is -0.427. The molecule has 0 spiro atoms. The van der Waals surface area contributed by atoms with Gasteiger partial charge in [-0.25, -0.2) is 9.78 Å². The molecule has 0 bridgehead atoms. The summed E-state index contributed by atoms with van der Waals surface area (Å²) in [5.74, 6) is 0.673. The van der Waals surface area contributed by atoms with Crippen LogP contribution in [0.5, 0.6) is 0 Å². The van der Waals surface area contributed by atoms with Gasteiger partial charge in [-0.05, 0) is 64.7 Å². The molecule has 0 saturated carbocycles. The third-order valence-corrected chi connectivity index (χ3v) is 7.25. The Balaban J connectivity index is 1.32. The van der Waals surface area contributed by atoms with Crippen LogP contribution in [0.1, 0.15) is 17.0 Å². The van der Waals surface area contributed by atoms with E-state index >= 15 is 0 Å². The first-order chi connectivity index (χ1) is 20.5. The third kappa shape index (κ3) is 6.24. The lowest BCUT2D eigenvalue weighted by Crippen LogP contribution is -2.26. The highest BCUT2D eigenvalue weighted by molar-refractivity contribution is 6.30. The number of fused-ring (bicyclic) bond motifs is 1. The van der Waals surface area contributed by atoms with E-state index in [1.165, 1.54) is 0 Å². The van der Waals surface area contributed by atoms with E-state index in [2.05, 4.69) is 34.9 Å². The van der Waals surface area contributed by atoms with E-state index in [0.29, 0.717) is 46.1 Å². The minimum Gasteiger partial charge on any atom is -0.308 e. The summed E-state index contributed by atoms with van der Waals surface area (Å²) in [6.07, 6.45) is 0.512. The van der Waals surface area contributed by atoms with Crippen LogP contribution in [-0.4, -0.2) is 15.6 Å². The van der Waals surface area contributed by atoms with E-state index in [-0.39, 0.29) is 5.56 Å². The van der Waals surface area contributed by atoms with Gasteiger partial charge in [0.2, 0.25) is 0 Å². The van der Waals surface area contributed by atoms with Crippen molar-refractivity contribution in [2.45, 2.75) is 13.0 Å². The van der Waals surface area contributed by atoms with Crippen LogP contribution in [0.15, 0.2) is 132 Å². The van der Waals surface area contributed by atoms with Crippen LogP contribution >= 0.6 is 11.6 Å². The van der Waals surface area contributed by atoms with Crippen molar-refractivity contribution in [2.75, 3.05) is 10.6 Å². The Morgan fingerprint density at radius 3 is 2.02 bits per heavy atom. The summed E-state index contributed by atoms with van der Waals surface area (Å²) in [6, 6.07) is 40.0. The number of halogens is 1. The zero-order valence-corrected chi connectivity index (χ0v) is 23.4. The second kappa shape index (κ2) is 12.1. The fraction of sp³-hybridized carbons (Fsp3) is 0.0571. The Bertz CT molecular complexity index is 1900. The number of hydrogen-bond donors (Lipinski definition) is 2. The van der Waals surface area contributed by atoms with E-state index in [0.717, 1.165) is 22.3 Å². The molecule has 1 heterocycles. The molecule has 0 aliphatic rings. The van der Waals surface area contributed by atoms with Crippen molar-refractivity contribution in [3.8, 4) is 11.1 Å². The number of amides is 2. The second-order valence-electron chi connectivity index (χ2n) is 9.96. The summed E-state index contributed by atoms with van der Waals surface area (Å²) in [7, 11) is 0. The standard InChI is InChI=1S/C35H27ClN4O2/c36-28-15-17-29(18-16-28)37-35(42)38-30-19-20-32-31(22-30)34(41)40(33(39-32)21-24-7-3-1-4-8-24)23-25-11-13-27(14-12-25)26-9-5-2-6-10-26/h1-20,22H,21,23H2,(H2,37,38,42). The summed E-state index contributed by atoms with van der Waals surface area (Å²) in [5.41, 5.74) is 5.80. The molecule has 5 aromatic carbocycles. The molecule has 2 amide bonds. The van der Waals surface area contributed by atoms with Gasteiger partial charge in [0.05, 0.1) is 17.4 Å². The Kier molecular flexibility index (Phi) is 7.79. The van der Waals surface area contributed by atoms with E-state index in [1.807, 2.05) is 60.7 Å². The second-order valence-corrected chi connectivity index (χ2v) is 10.4. The van der Waals surface area contributed by atoms with Crippen LogP contribution < -0.4 is 16.2 Å². The first kappa shape index (κ1) is 27.0. The molecule has 6 rings (SSSR count). The van der Waals surface area contributed by atoms with Crippen molar-refractivity contribution in [1.82, 2.24) is 9.55 Å². The van der Waals surface area contributed by atoms with Gasteiger partial charge in [-0.15, -0.1) is 0 Å². The Labute approximate surface area is 248 Å². The van der Waals surface area contributed by atoms with E-state index < -0.39 is 6.03 Å². The predicted molar refractivity (Wildman–Crippen MR) is 170 cm³/mol. The van der Waals surface area contributed by atoms with Gasteiger partial charge >= 0.3 is 6.03 Å². The summed E-state index contributed by atoms with van der Waals surface area (Å²) in [4.78, 5) is 31.5. The molecule has 0 atom stereocenters. The molecule has 1 aromatic heterocycles. The molecule has 6 nitrogen and oxygen atoms in total. The monoisotopic (exact) mass is 570 g/mol. The SMILES string of the molecule is O=C(Nc1ccc(Cl)cc1)Nc1ccc2nc(Cc3ccccc3)n(Cc3ccc(-c4ccccc4)cc3)c(=O)c2c1. The number of nitrogens with zero attached hydrogens (tertiary/aromatic N) is 2. The normalized spacial score (nSPS) is 10.9. The number of urea groups is 1. The van der Waals surface area contributed by atoms with Crippen LogP contribution in [0, 0.1) is 0 Å². The lowest BCUT2D eigenvalue weighted by Gasteiger charge is -2.15. The van der Waals surface area contributed by atoms with Crippen molar-refractivity contribution >= 4 is 39.9 Å². The summed E-state index contributed by atoms with van der Waals surface area (Å²) < 4.78 is 1.73. The summed E-state index contributed by atoms with van der Waals surface area (Å²) in [5, 5.41) is 6.59. The van der Waals surface area contributed by atoms with Gasteiger partial charge in [-0.3, -0.25) is 9.36 Å². The van der Waals surface area contributed by atoms with Crippen molar-refractivity contribution in [3.05, 3.63) is 160 Å². The Hall–Kier alpha value is -5.20. The maximum Gasteiger partial charge on any atom is 0.323 e.